The highest BCUT2D eigenvalue weighted by Gasteiger charge is 2.46. The van der Waals surface area contributed by atoms with Crippen molar-refractivity contribution in [2.75, 3.05) is 4.90 Å². The topological polar surface area (TPSA) is 63.4 Å². The van der Waals surface area contributed by atoms with Crippen molar-refractivity contribution >= 4 is 50.6 Å². The van der Waals surface area contributed by atoms with Crippen molar-refractivity contribution in [2.45, 2.75) is 19.3 Å². The fraction of sp³-hybridized carbons (Fsp3) is 0.357. The quantitative estimate of drug-likeness (QED) is 0.655. The first-order valence-electron chi connectivity index (χ1n) is 6.46. The number of nitrogens with two attached hydrogens (primary N) is 1. The second-order valence-electron chi connectivity index (χ2n) is 5.24. The number of nitrogens with zero attached hydrogens (tertiary/aromatic N) is 1. The molecule has 0 aromatic heterocycles. The summed E-state index contributed by atoms with van der Waals surface area (Å²) >= 11 is 8.39. The lowest BCUT2D eigenvalue weighted by molar-refractivity contribution is -0.132. The molecule has 0 spiro atoms. The highest BCUT2D eigenvalue weighted by Crippen LogP contribution is 2.41. The second-order valence-corrected chi connectivity index (χ2v) is 6.60. The highest BCUT2D eigenvalue weighted by atomic mass is 79.9. The molecule has 2 amide bonds. The van der Waals surface area contributed by atoms with Crippen LogP contribution in [0.25, 0.3) is 0 Å². The molecule has 2 N–H and O–H groups in total. The van der Waals surface area contributed by atoms with Crippen LogP contribution in [0.2, 0.25) is 0 Å². The molecular formula is C14H13BrN2O2S. The van der Waals surface area contributed by atoms with Crippen LogP contribution in [0.3, 0.4) is 0 Å². The van der Waals surface area contributed by atoms with Crippen LogP contribution in [0.4, 0.5) is 5.69 Å². The van der Waals surface area contributed by atoms with Crippen LogP contribution in [-0.4, -0.2) is 16.8 Å². The molecule has 1 aromatic carbocycles. The maximum absolute atomic E-state index is 12.5. The number of amides is 2. The van der Waals surface area contributed by atoms with Gasteiger partial charge in [0.15, 0.2) is 0 Å². The molecule has 2 fully saturated rings. The van der Waals surface area contributed by atoms with Gasteiger partial charge in [0.05, 0.1) is 5.69 Å². The lowest BCUT2D eigenvalue weighted by Gasteiger charge is -2.31. The summed E-state index contributed by atoms with van der Waals surface area (Å²) in [5.41, 5.74) is 6.79. The van der Waals surface area contributed by atoms with Crippen LogP contribution in [0.1, 0.15) is 24.8 Å². The van der Waals surface area contributed by atoms with Gasteiger partial charge >= 0.3 is 0 Å². The molecule has 4 nitrogen and oxygen atoms in total. The lowest BCUT2D eigenvalue weighted by Crippen LogP contribution is -2.47. The average molecular weight is 353 g/mol. The minimum Gasteiger partial charge on any atom is -0.389 e. The second kappa shape index (κ2) is 4.93. The summed E-state index contributed by atoms with van der Waals surface area (Å²) in [7, 11) is 0. The molecule has 20 heavy (non-hydrogen) atoms. The van der Waals surface area contributed by atoms with Gasteiger partial charge in [0.2, 0.25) is 11.8 Å². The number of piperidine rings is 1. The van der Waals surface area contributed by atoms with Crippen molar-refractivity contribution in [1.29, 1.82) is 0 Å². The third kappa shape index (κ3) is 2.07. The standard InChI is InChI=1S/C14H13BrN2O2S/c15-9-3-4-11(10(6-9)12(16)20)17-13(18)7-1-2-8(5-7)14(17)19/h3-4,6-8H,1-2,5H2,(H2,16,20). The molecule has 2 atom stereocenters. The summed E-state index contributed by atoms with van der Waals surface area (Å²) in [6, 6.07) is 5.25. The molecule has 1 saturated carbocycles. The first-order chi connectivity index (χ1) is 9.49. The van der Waals surface area contributed by atoms with E-state index in [2.05, 4.69) is 15.9 Å². The smallest absolute Gasteiger partial charge is 0.236 e. The van der Waals surface area contributed by atoms with E-state index in [1.165, 1.54) is 4.90 Å². The molecule has 2 unspecified atom stereocenters. The van der Waals surface area contributed by atoms with Gasteiger partial charge in [0.25, 0.3) is 0 Å². The predicted molar refractivity (Wildman–Crippen MR) is 83.4 cm³/mol. The first-order valence-corrected chi connectivity index (χ1v) is 7.66. The maximum Gasteiger partial charge on any atom is 0.236 e. The summed E-state index contributed by atoms with van der Waals surface area (Å²) in [5, 5.41) is 0. The van der Waals surface area contributed by atoms with Crippen molar-refractivity contribution < 1.29 is 9.59 Å². The Morgan fingerprint density at radius 2 is 1.85 bits per heavy atom. The molecule has 1 aliphatic heterocycles. The van der Waals surface area contributed by atoms with Gasteiger partial charge in [0.1, 0.15) is 4.99 Å². The van der Waals surface area contributed by atoms with E-state index < -0.39 is 0 Å². The third-order valence-corrected chi connectivity index (χ3v) is 4.75. The summed E-state index contributed by atoms with van der Waals surface area (Å²) in [6.07, 6.45) is 2.28. The fourth-order valence-corrected chi connectivity index (χ4v) is 3.57. The zero-order valence-corrected chi connectivity index (χ0v) is 13.0. The fourth-order valence-electron chi connectivity index (χ4n) is 3.04. The van der Waals surface area contributed by atoms with Crippen LogP contribution < -0.4 is 10.6 Å². The number of rotatable bonds is 2. The number of benzene rings is 1. The molecular weight excluding hydrogens is 340 g/mol. The van der Waals surface area contributed by atoms with E-state index in [0.717, 1.165) is 17.3 Å². The van der Waals surface area contributed by atoms with Gasteiger partial charge in [-0.2, -0.15) is 0 Å². The van der Waals surface area contributed by atoms with Crippen LogP contribution in [0.5, 0.6) is 0 Å². The maximum atomic E-state index is 12.5. The van der Waals surface area contributed by atoms with Gasteiger partial charge in [-0.1, -0.05) is 28.1 Å². The molecule has 1 heterocycles. The number of fused-ring (bicyclic) bond motifs is 2. The lowest BCUT2D eigenvalue weighted by atomic mass is 9.95. The Kier molecular flexibility index (Phi) is 3.38. The van der Waals surface area contributed by atoms with E-state index in [0.29, 0.717) is 17.7 Å². The van der Waals surface area contributed by atoms with Gasteiger partial charge in [-0.3, -0.25) is 9.59 Å². The molecule has 1 saturated heterocycles. The molecule has 3 rings (SSSR count). The van der Waals surface area contributed by atoms with Crippen molar-refractivity contribution in [2.24, 2.45) is 17.6 Å². The number of hydrogen-bond donors (Lipinski definition) is 1. The van der Waals surface area contributed by atoms with Gasteiger partial charge in [0, 0.05) is 21.9 Å². The minimum atomic E-state index is -0.122. The van der Waals surface area contributed by atoms with E-state index >= 15 is 0 Å². The summed E-state index contributed by atoms with van der Waals surface area (Å²) in [4.78, 5) is 26.4. The van der Waals surface area contributed by atoms with Gasteiger partial charge in [-0.05, 0) is 37.5 Å². The van der Waals surface area contributed by atoms with Crippen molar-refractivity contribution in [3.8, 4) is 0 Å². The molecule has 6 heteroatoms. The Hall–Kier alpha value is -1.27. The molecule has 1 aliphatic carbocycles. The minimum absolute atomic E-state index is 0.0412. The van der Waals surface area contributed by atoms with Crippen molar-refractivity contribution in [3.63, 3.8) is 0 Å². The first kappa shape index (κ1) is 13.7. The zero-order valence-electron chi connectivity index (χ0n) is 10.6. The number of carbonyl (C=O) groups excluding carboxylic acids is 2. The van der Waals surface area contributed by atoms with Gasteiger partial charge in [-0.15, -0.1) is 0 Å². The Labute approximate surface area is 130 Å². The molecule has 104 valence electrons. The summed E-state index contributed by atoms with van der Waals surface area (Å²) in [5.74, 6) is -0.326. The Morgan fingerprint density at radius 1 is 1.25 bits per heavy atom. The van der Waals surface area contributed by atoms with Gasteiger partial charge in [-0.25, -0.2) is 4.90 Å². The highest BCUT2D eigenvalue weighted by molar-refractivity contribution is 9.10. The zero-order chi connectivity index (χ0) is 14.4. The normalized spacial score (nSPS) is 25.1. The molecule has 2 aliphatic rings. The number of hydrogen-bond acceptors (Lipinski definition) is 3. The number of anilines is 1. The monoisotopic (exact) mass is 352 g/mol. The Morgan fingerprint density at radius 3 is 2.40 bits per heavy atom. The van der Waals surface area contributed by atoms with E-state index in [9.17, 15) is 9.59 Å². The Balaban J connectivity index is 2.10. The number of imide groups is 1. The Bertz CT molecular complexity index is 610. The summed E-state index contributed by atoms with van der Waals surface area (Å²) < 4.78 is 0.809. The van der Waals surface area contributed by atoms with Crippen molar-refractivity contribution in [3.05, 3.63) is 28.2 Å². The number of halogens is 1. The summed E-state index contributed by atoms with van der Waals surface area (Å²) in [6.45, 7) is 0. The van der Waals surface area contributed by atoms with E-state index in [1.807, 2.05) is 0 Å². The van der Waals surface area contributed by atoms with Crippen LogP contribution in [0, 0.1) is 11.8 Å². The molecule has 1 aromatic rings. The van der Waals surface area contributed by atoms with Crippen molar-refractivity contribution in [1.82, 2.24) is 0 Å². The largest absolute Gasteiger partial charge is 0.389 e. The molecule has 2 bridgehead atoms. The van der Waals surface area contributed by atoms with E-state index in [4.69, 9.17) is 18.0 Å². The van der Waals surface area contributed by atoms with Crippen LogP contribution in [-0.2, 0) is 9.59 Å². The predicted octanol–water partition coefficient (Wildman–Crippen LogP) is 2.37. The molecule has 0 radical (unpaired) electrons. The van der Waals surface area contributed by atoms with Gasteiger partial charge < -0.3 is 5.73 Å². The van der Waals surface area contributed by atoms with Crippen LogP contribution in [0.15, 0.2) is 22.7 Å². The van der Waals surface area contributed by atoms with E-state index in [-0.39, 0.29) is 28.6 Å². The SMILES string of the molecule is NC(=S)c1cc(Br)ccc1N1C(=O)C2CCC(C2)C1=O. The number of thiocarbonyl (C=S) groups is 1. The van der Waals surface area contributed by atoms with E-state index in [1.54, 1.807) is 18.2 Å². The average Bonchev–Trinajstić information content (AvgIpc) is 2.85. The number of carbonyl (C=O) groups is 2. The third-order valence-electron chi connectivity index (χ3n) is 4.04. The van der Waals surface area contributed by atoms with Crippen LogP contribution >= 0.6 is 28.1 Å².